The van der Waals surface area contributed by atoms with Gasteiger partial charge in [0.1, 0.15) is 6.61 Å². The number of hydrogen-bond acceptors (Lipinski definition) is 3. The Labute approximate surface area is 113 Å². The van der Waals surface area contributed by atoms with Crippen molar-refractivity contribution >= 4 is 33.7 Å². The molecule has 0 aliphatic carbocycles. The van der Waals surface area contributed by atoms with Gasteiger partial charge in [0.25, 0.3) is 0 Å². The number of benzene rings is 1. The number of aromatic carboxylic acids is 1. The fourth-order valence-electron chi connectivity index (χ4n) is 1.21. The van der Waals surface area contributed by atoms with Crippen LogP contribution in [0.3, 0.4) is 0 Å². The van der Waals surface area contributed by atoms with Crippen LogP contribution in [0.25, 0.3) is 0 Å². The van der Waals surface area contributed by atoms with E-state index in [2.05, 4.69) is 27.8 Å². The number of carboxylic acid groups (broad SMARTS) is 1. The van der Waals surface area contributed by atoms with Gasteiger partial charge in [-0.25, -0.2) is 9.59 Å². The summed E-state index contributed by atoms with van der Waals surface area (Å²) in [6, 6.07) is 2.84. The van der Waals surface area contributed by atoms with Crippen LogP contribution in [0.4, 0.5) is 10.5 Å². The number of halogens is 1. The van der Waals surface area contributed by atoms with Crippen molar-refractivity contribution in [1.29, 1.82) is 0 Å². The number of hydrogen-bond donors (Lipinski definition) is 2. The van der Waals surface area contributed by atoms with Gasteiger partial charge >= 0.3 is 12.1 Å². The molecule has 0 saturated carbocycles. The lowest BCUT2D eigenvalue weighted by atomic mass is 10.1. The standard InChI is InChI=1S/C12H12BrNO4/c1-3-4-18-12(17)14-10-6-8(11(15)16)5-9(13)7(10)2/h3,5-6H,1,4H2,2H3,(H,14,17)(H,15,16). The van der Waals surface area contributed by atoms with E-state index in [1.165, 1.54) is 18.2 Å². The number of nitrogens with one attached hydrogen (secondary N) is 1. The highest BCUT2D eigenvalue weighted by Gasteiger charge is 2.12. The molecule has 0 aliphatic rings. The quantitative estimate of drug-likeness (QED) is 0.837. The molecule has 0 aliphatic heterocycles. The van der Waals surface area contributed by atoms with E-state index in [9.17, 15) is 9.59 Å². The van der Waals surface area contributed by atoms with Gasteiger partial charge in [-0.2, -0.15) is 0 Å². The number of ether oxygens (including phenoxy) is 1. The van der Waals surface area contributed by atoms with E-state index >= 15 is 0 Å². The van der Waals surface area contributed by atoms with Gasteiger partial charge in [0.05, 0.1) is 5.56 Å². The Morgan fingerprint density at radius 1 is 1.56 bits per heavy atom. The van der Waals surface area contributed by atoms with E-state index in [0.717, 1.165) is 5.56 Å². The highest BCUT2D eigenvalue weighted by atomic mass is 79.9. The summed E-state index contributed by atoms with van der Waals surface area (Å²) in [5, 5.41) is 11.4. The summed E-state index contributed by atoms with van der Waals surface area (Å²) in [7, 11) is 0. The van der Waals surface area contributed by atoms with Crippen LogP contribution in [0.15, 0.2) is 29.3 Å². The Kier molecular flexibility index (Phi) is 4.91. The van der Waals surface area contributed by atoms with E-state index in [1.54, 1.807) is 6.92 Å². The zero-order valence-corrected chi connectivity index (χ0v) is 11.3. The molecular weight excluding hydrogens is 302 g/mol. The molecule has 0 aromatic heterocycles. The second kappa shape index (κ2) is 6.20. The third kappa shape index (κ3) is 3.59. The van der Waals surface area contributed by atoms with Gasteiger partial charge in [0, 0.05) is 10.2 Å². The number of rotatable bonds is 4. The van der Waals surface area contributed by atoms with Gasteiger partial charge in [-0.1, -0.05) is 28.6 Å². The number of carboxylic acids is 1. The van der Waals surface area contributed by atoms with Gasteiger partial charge in [0.15, 0.2) is 0 Å². The van der Waals surface area contributed by atoms with Crippen molar-refractivity contribution in [3.05, 3.63) is 40.4 Å². The number of amides is 1. The molecule has 0 fully saturated rings. The second-order valence-corrected chi connectivity index (χ2v) is 4.30. The first-order valence-electron chi connectivity index (χ1n) is 5.03. The normalized spacial score (nSPS) is 9.67. The molecule has 0 bridgehead atoms. The van der Waals surface area contributed by atoms with Crippen molar-refractivity contribution in [2.75, 3.05) is 11.9 Å². The van der Waals surface area contributed by atoms with Gasteiger partial charge in [-0.05, 0) is 24.6 Å². The fourth-order valence-corrected chi connectivity index (χ4v) is 1.67. The van der Waals surface area contributed by atoms with Crippen molar-refractivity contribution in [1.82, 2.24) is 0 Å². The van der Waals surface area contributed by atoms with Gasteiger partial charge < -0.3 is 9.84 Å². The minimum Gasteiger partial charge on any atom is -0.478 e. The molecule has 1 aromatic rings. The Morgan fingerprint density at radius 2 is 2.22 bits per heavy atom. The molecule has 18 heavy (non-hydrogen) atoms. The van der Waals surface area contributed by atoms with Crippen LogP contribution in [0.5, 0.6) is 0 Å². The van der Waals surface area contributed by atoms with Crippen LogP contribution in [-0.4, -0.2) is 23.8 Å². The number of anilines is 1. The van der Waals surface area contributed by atoms with E-state index in [-0.39, 0.29) is 12.2 Å². The molecule has 96 valence electrons. The molecule has 0 saturated heterocycles. The van der Waals surface area contributed by atoms with Crippen LogP contribution in [0.2, 0.25) is 0 Å². The average molecular weight is 314 g/mol. The van der Waals surface area contributed by atoms with Gasteiger partial charge in [-0.15, -0.1) is 0 Å². The third-order valence-corrected chi connectivity index (χ3v) is 2.98. The zero-order valence-electron chi connectivity index (χ0n) is 9.70. The molecule has 1 rings (SSSR count). The maximum atomic E-state index is 11.4. The molecule has 1 aromatic carbocycles. The topological polar surface area (TPSA) is 75.6 Å². The highest BCUT2D eigenvalue weighted by molar-refractivity contribution is 9.10. The van der Waals surface area contributed by atoms with E-state index in [1.807, 2.05) is 0 Å². The van der Waals surface area contributed by atoms with Gasteiger partial charge in [-0.3, -0.25) is 5.32 Å². The summed E-state index contributed by atoms with van der Waals surface area (Å²) in [4.78, 5) is 22.3. The monoisotopic (exact) mass is 313 g/mol. The predicted octanol–water partition coefficient (Wildman–Crippen LogP) is 3.19. The third-order valence-electron chi connectivity index (χ3n) is 2.16. The zero-order chi connectivity index (χ0) is 13.7. The van der Waals surface area contributed by atoms with E-state index in [4.69, 9.17) is 9.84 Å². The first-order chi connectivity index (χ1) is 8.45. The summed E-state index contributed by atoms with van der Waals surface area (Å²) in [5.74, 6) is -1.07. The molecular formula is C12H12BrNO4. The Balaban J connectivity index is 2.97. The maximum absolute atomic E-state index is 11.4. The SMILES string of the molecule is C=CCOC(=O)Nc1cc(C(=O)O)cc(Br)c1C. The lowest BCUT2D eigenvalue weighted by molar-refractivity contribution is 0.0696. The Morgan fingerprint density at radius 3 is 2.78 bits per heavy atom. The smallest absolute Gasteiger partial charge is 0.411 e. The molecule has 0 radical (unpaired) electrons. The summed E-state index contributed by atoms with van der Waals surface area (Å²) < 4.78 is 5.36. The van der Waals surface area contributed by atoms with Crippen LogP contribution in [-0.2, 0) is 4.74 Å². The van der Waals surface area contributed by atoms with Gasteiger partial charge in [0.2, 0.25) is 0 Å². The van der Waals surface area contributed by atoms with Crippen molar-refractivity contribution in [3.8, 4) is 0 Å². The lowest BCUT2D eigenvalue weighted by Gasteiger charge is -2.11. The predicted molar refractivity (Wildman–Crippen MR) is 71.0 cm³/mol. The van der Waals surface area contributed by atoms with Crippen molar-refractivity contribution in [3.63, 3.8) is 0 Å². The molecule has 0 unspecified atom stereocenters. The van der Waals surface area contributed by atoms with Crippen LogP contribution >= 0.6 is 15.9 Å². The minimum atomic E-state index is -1.07. The number of carbonyl (C=O) groups excluding carboxylic acids is 1. The first-order valence-corrected chi connectivity index (χ1v) is 5.83. The molecule has 0 spiro atoms. The van der Waals surface area contributed by atoms with Crippen molar-refractivity contribution in [2.45, 2.75) is 6.92 Å². The molecule has 0 atom stereocenters. The summed E-state index contributed by atoms with van der Waals surface area (Å²) in [6.45, 7) is 5.26. The summed E-state index contributed by atoms with van der Waals surface area (Å²) in [6.07, 6.45) is 0.781. The Hall–Kier alpha value is -1.82. The van der Waals surface area contributed by atoms with Crippen LogP contribution in [0, 0.1) is 6.92 Å². The highest BCUT2D eigenvalue weighted by Crippen LogP contribution is 2.26. The van der Waals surface area contributed by atoms with Crippen LogP contribution in [0.1, 0.15) is 15.9 Å². The second-order valence-electron chi connectivity index (χ2n) is 3.45. The van der Waals surface area contributed by atoms with Crippen molar-refractivity contribution in [2.24, 2.45) is 0 Å². The van der Waals surface area contributed by atoms with E-state index < -0.39 is 12.1 Å². The summed E-state index contributed by atoms with van der Waals surface area (Å²) >= 11 is 3.24. The largest absolute Gasteiger partial charge is 0.478 e. The summed E-state index contributed by atoms with van der Waals surface area (Å²) in [5.41, 5.74) is 1.18. The number of carbonyl (C=O) groups is 2. The lowest BCUT2D eigenvalue weighted by Crippen LogP contribution is -2.15. The molecule has 0 heterocycles. The first kappa shape index (κ1) is 14.2. The van der Waals surface area contributed by atoms with Crippen LogP contribution < -0.4 is 5.32 Å². The fraction of sp³-hybridized carbons (Fsp3) is 0.167. The average Bonchev–Trinajstić information content (AvgIpc) is 2.31. The molecule has 1 amide bonds. The minimum absolute atomic E-state index is 0.0755. The van der Waals surface area contributed by atoms with Crippen molar-refractivity contribution < 1.29 is 19.4 Å². The Bertz CT molecular complexity index is 499. The molecule has 5 nitrogen and oxygen atoms in total. The van der Waals surface area contributed by atoms with E-state index in [0.29, 0.717) is 10.2 Å². The molecule has 6 heteroatoms. The maximum Gasteiger partial charge on any atom is 0.411 e. The molecule has 2 N–H and O–H groups in total.